The van der Waals surface area contributed by atoms with Crippen molar-refractivity contribution < 1.29 is 9.53 Å². The normalized spacial score (nSPS) is 27.9. The quantitative estimate of drug-likeness (QED) is 0.824. The molecular weight excluding hydrogens is 228 g/mol. The fourth-order valence-corrected chi connectivity index (χ4v) is 2.60. The van der Waals surface area contributed by atoms with Gasteiger partial charge in [0.15, 0.2) is 0 Å². The summed E-state index contributed by atoms with van der Waals surface area (Å²) in [7, 11) is 0. The van der Waals surface area contributed by atoms with Crippen LogP contribution in [0.25, 0.3) is 0 Å². The van der Waals surface area contributed by atoms with Gasteiger partial charge in [-0.1, -0.05) is 0 Å². The highest BCUT2D eigenvalue weighted by Crippen LogP contribution is 2.27. The van der Waals surface area contributed by atoms with Gasteiger partial charge >= 0.3 is 0 Å². The van der Waals surface area contributed by atoms with Crippen LogP contribution in [0.1, 0.15) is 34.1 Å². The SMILES string of the molecule is CC1(C(=O)NCC2CCN(C(C)(C)C)C2)COC1. The summed E-state index contributed by atoms with van der Waals surface area (Å²) < 4.78 is 5.12. The molecule has 2 saturated heterocycles. The molecule has 2 fully saturated rings. The van der Waals surface area contributed by atoms with Gasteiger partial charge in [-0.2, -0.15) is 0 Å². The average Bonchev–Trinajstić information content (AvgIpc) is 2.70. The summed E-state index contributed by atoms with van der Waals surface area (Å²) >= 11 is 0. The Labute approximate surface area is 110 Å². The zero-order chi connectivity index (χ0) is 13.4. The van der Waals surface area contributed by atoms with Crippen molar-refractivity contribution in [2.45, 2.75) is 39.7 Å². The van der Waals surface area contributed by atoms with Gasteiger partial charge in [-0.05, 0) is 46.6 Å². The smallest absolute Gasteiger partial charge is 0.230 e. The van der Waals surface area contributed by atoms with Crippen LogP contribution < -0.4 is 5.32 Å². The van der Waals surface area contributed by atoms with E-state index >= 15 is 0 Å². The molecule has 2 rings (SSSR count). The number of hydrogen-bond donors (Lipinski definition) is 1. The van der Waals surface area contributed by atoms with E-state index in [0.29, 0.717) is 19.1 Å². The fourth-order valence-electron chi connectivity index (χ4n) is 2.60. The molecule has 1 amide bonds. The van der Waals surface area contributed by atoms with Crippen LogP contribution in [0.2, 0.25) is 0 Å². The van der Waals surface area contributed by atoms with Crippen LogP contribution in [0.4, 0.5) is 0 Å². The van der Waals surface area contributed by atoms with Gasteiger partial charge in [0.2, 0.25) is 5.91 Å². The van der Waals surface area contributed by atoms with Crippen molar-refractivity contribution in [3.8, 4) is 0 Å². The number of carbonyl (C=O) groups is 1. The maximum atomic E-state index is 12.0. The molecule has 0 spiro atoms. The van der Waals surface area contributed by atoms with Crippen LogP contribution >= 0.6 is 0 Å². The Hall–Kier alpha value is -0.610. The highest BCUT2D eigenvalue weighted by atomic mass is 16.5. The van der Waals surface area contributed by atoms with E-state index in [1.165, 1.54) is 6.42 Å². The van der Waals surface area contributed by atoms with Crippen molar-refractivity contribution >= 4 is 5.91 Å². The van der Waals surface area contributed by atoms with Gasteiger partial charge in [0.25, 0.3) is 0 Å². The third kappa shape index (κ3) is 2.86. The van der Waals surface area contributed by atoms with Crippen molar-refractivity contribution in [1.29, 1.82) is 0 Å². The molecule has 0 aliphatic carbocycles. The van der Waals surface area contributed by atoms with Crippen molar-refractivity contribution in [2.24, 2.45) is 11.3 Å². The number of likely N-dealkylation sites (tertiary alicyclic amines) is 1. The lowest BCUT2D eigenvalue weighted by Gasteiger charge is -2.36. The first kappa shape index (κ1) is 13.8. The van der Waals surface area contributed by atoms with Crippen molar-refractivity contribution in [1.82, 2.24) is 10.2 Å². The number of carbonyl (C=O) groups excluding carboxylic acids is 1. The first-order chi connectivity index (χ1) is 8.31. The predicted octanol–water partition coefficient (Wildman–Crippen LogP) is 1.26. The largest absolute Gasteiger partial charge is 0.379 e. The third-order valence-electron chi connectivity index (χ3n) is 4.18. The summed E-state index contributed by atoms with van der Waals surface area (Å²) in [5.74, 6) is 0.751. The molecule has 1 unspecified atom stereocenters. The zero-order valence-electron chi connectivity index (χ0n) is 12.1. The molecule has 0 radical (unpaired) electrons. The average molecular weight is 254 g/mol. The molecule has 1 N–H and O–H groups in total. The number of nitrogens with one attached hydrogen (secondary N) is 1. The second-order valence-electron chi connectivity index (χ2n) is 7.04. The number of ether oxygens (including phenoxy) is 1. The number of hydrogen-bond acceptors (Lipinski definition) is 3. The zero-order valence-corrected chi connectivity index (χ0v) is 12.1. The monoisotopic (exact) mass is 254 g/mol. The van der Waals surface area contributed by atoms with Crippen LogP contribution in [-0.2, 0) is 9.53 Å². The van der Waals surface area contributed by atoms with Gasteiger partial charge in [0, 0.05) is 18.6 Å². The highest BCUT2D eigenvalue weighted by molar-refractivity contribution is 5.83. The maximum Gasteiger partial charge on any atom is 0.230 e. The number of nitrogens with zero attached hydrogens (tertiary/aromatic N) is 1. The van der Waals surface area contributed by atoms with Gasteiger partial charge in [-0.3, -0.25) is 9.69 Å². The molecule has 0 aromatic heterocycles. The second kappa shape index (κ2) is 4.82. The lowest BCUT2D eigenvalue weighted by Crippen LogP contribution is -2.52. The van der Waals surface area contributed by atoms with Gasteiger partial charge in [-0.15, -0.1) is 0 Å². The minimum Gasteiger partial charge on any atom is -0.379 e. The predicted molar refractivity (Wildman–Crippen MR) is 71.4 cm³/mol. The Morgan fingerprint density at radius 3 is 2.56 bits per heavy atom. The van der Waals surface area contributed by atoms with Crippen LogP contribution in [0.15, 0.2) is 0 Å². The van der Waals surface area contributed by atoms with Crippen LogP contribution in [0.3, 0.4) is 0 Å². The Bertz CT molecular complexity index is 318. The summed E-state index contributed by atoms with van der Waals surface area (Å²) in [6.45, 7) is 12.9. The summed E-state index contributed by atoms with van der Waals surface area (Å²) in [6, 6.07) is 0. The van der Waals surface area contributed by atoms with Gasteiger partial charge in [0.1, 0.15) is 0 Å². The van der Waals surface area contributed by atoms with E-state index in [0.717, 1.165) is 19.6 Å². The molecule has 2 heterocycles. The Kier molecular flexibility index (Phi) is 3.70. The summed E-state index contributed by atoms with van der Waals surface area (Å²) in [6.07, 6.45) is 1.19. The Morgan fingerprint density at radius 1 is 1.44 bits per heavy atom. The number of rotatable bonds is 3. The molecule has 2 aliphatic heterocycles. The van der Waals surface area contributed by atoms with Crippen molar-refractivity contribution in [3.05, 3.63) is 0 Å². The highest BCUT2D eigenvalue weighted by Gasteiger charge is 2.41. The molecule has 2 aliphatic rings. The molecule has 4 nitrogen and oxygen atoms in total. The first-order valence-electron chi connectivity index (χ1n) is 6.92. The van der Waals surface area contributed by atoms with Crippen LogP contribution in [-0.4, -0.2) is 49.2 Å². The van der Waals surface area contributed by atoms with Gasteiger partial charge < -0.3 is 10.1 Å². The summed E-state index contributed by atoms with van der Waals surface area (Å²) in [4.78, 5) is 14.5. The number of amides is 1. The molecule has 1 atom stereocenters. The Balaban J connectivity index is 1.74. The van der Waals surface area contributed by atoms with E-state index in [2.05, 4.69) is 31.0 Å². The first-order valence-corrected chi connectivity index (χ1v) is 6.92. The van der Waals surface area contributed by atoms with Crippen molar-refractivity contribution in [2.75, 3.05) is 32.8 Å². The van der Waals surface area contributed by atoms with E-state index in [-0.39, 0.29) is 16.9 Å². The summed E-state index contributed by atoms with van der Waals surface area (Å²) in [5, 5.41) is 3.09. The third-order valence-corrected chi connectivity index (χ3v) is 4.18. The van der Waals surface area contributed by atoms with E-state index in [1.54, 1.807) is 0 Å². The van der Waals surface area contributed by atoms with E-state index in [4.69, 9.17) is 4.74 Å². The molecule has 18 heavy (non-hydrogen) atoms. The summed E-state index contributed by atoms with van der Waals surface area (Å²) in [5.41, 5.74) is -0.0329. The standard InChI is InChI=1S/C14H26N2O2/c1-13(2,3)16-6-5-11(8-16)7-15-12(17)14(4)9-18-10-14/h11H,5-10H2,1-4H3,(H,15,17). The van der Waals surface area contributed by atoms with Crippen LogP contribution in [0, 0.1) is 11.3 Å². The molecular formula is C14H26N2O2. The van der Waals surface area contributed by atoms with E-state index in [1.807, 2.05) is 6.92 Å². The molecule has 0 aromatic carbocycles. The molecule has 0 aromatic rings. The fraction of sp³-hybridized carbons (Fsp3) is 0.929. The topological polar surface area (TPSA) is 41.6 Å². The molecule has 4 heteroatoms. The lowest BCUT2D eigenvalue weighted by atomic mass is 9.87. The lowest BCUT2D eigenvalue weighted by molar-refractivity contribution is -0.157. The maximum absolute atomic E-state index is 12.0. The Morgan fingerprint density at radius 2 is 2.11 bits per heavy atom. The van der Waals surface area contributed by atoms with Crippen LogP contribution in [0.5, 0.6) is 0 Å². The van der Waals surface area contributed by atoms with Gasteiger partial charge in [0.05, 0.1) is 18.6 Å². The minimum atomic E-state index is -0.275. The minimum absolute atomic E-state index is 0.156. The van der Waals surface area contributed by atoms with E-state index < -0.39 is 0 Å². The second-order valence-corrected chi connectivity index (χ2v) is 7.04. The van der Waals surface area contributed by atoms with Crippen molar-refractivity contribution in [3.63, 3.8) is 0 Å². The van der Waals surface area contributed by atoms with E-state index in [9.17, 15) is 4.79 Å². The molecule has 0 saturated carbocycles. The van der Waals surface area contributed by atoms with Gasteiger partial charge in [-0.25, -0.2) is 0 Å². The molecule has 104 valence electrons. The molecule has 0 bridgehead atoms.